The third kappa shape index (κ3) is 3.16. The summed E-state index contributed by atoms with van der Waals surface area (Å²) in [7, 11) is 0. The Morgan fingerprint density at radius 3 is 2.52 bits per heavy atom. The molecule has 1 amide bonds. The molecule has 0 bridgehead atoms. The topological polar surface area (TPSA) is 106 Å². The molecule has 6 nitrogen and oxygen atoms in total. The first kappa shape index (κ1) is 14.5. The van der Waals surface area contributed by atoms with Crippen LogP contribution in [-0.2, 0) is 6.54 Å². The lowest BCUT2D eigenvalue weighted by atomic mass is 10.1. The van der Waals surface area contributed by atoms with Gasteiger partial charge in [0.1, 0.15) is 17.4 Å². The predicted molar refractivity (Wildman–Crippen MR) is 67.9 cm³/mol. The van der Waals surface area contributed by atoms with Gasteiger partial charge in [-0.2, -0.15) is 0 Å². The monoisotopic (exact) mass is 296 g/mol. The number of aromatic carboxylic acids is 1. The molecule has 21 heavy (non-hydrogen) atoms. The highest BCUT2D eigenvalue weighted by molar-refractivity contribution is 5.94. The number of carbonyl (C=O) groups excluding carboxylic acids is 1. The highest BCUT2D eigenvalue weighted by atomic mass is 19.1. The Morgan fingerprint density at radius 1 is 1.24 bits per heavy atom. The lowest BCUT2D eigenvalue weighted by Gasteiger charge is -2.08. The molecule has 1 aromatic heterocycles. The second-order valence-electron chi connectivity index (χ2n) is 4.10. The van der Waals surface area contributed by atoms with Crippen LogP contribution >= 0.6 is 0 Å². The van der Waals surface area contributed by atoms with Crippen molar-refractivity contribution in [1.82, 2.24) is 0 Å². The highest BCUT2D eigenvalue weighted by Gasteiger charge is 2.14. The zero-order valence-corrected chi connectivity index (χ0v) is 10.5. The van der Waals surface area contributed by atoms with Crippen LogP contribution in [0.3, 0.4) is 0 Å². The van der Waals surface area contributed by atoms with Crippen molar-refractivity contribution in [3.05, 3.63) is 53.0 Å². The standard InChI is InChI=1S/C13H10F2N2O4/c14-8-4-9(15)10(3-7(8)12(16)18)17-5-6-1-2-11(21-6)13(19)20/h1-4,17H,5H2,(H2,16,18)(H,19,20). The third-order valence-corrected chi connectivity index (χ3v) is 2.65. The van der Waals surface area contributed by atoms with E-state index in [0.717, 1.165) is 6.07 Å². The van der Waals surface area contributed by atoms with Gasteiger partial charge in [0.15, 0.2) is 0 Å². The van der Waals surface area contributed by atoms with Crippen molar-refractivity contribution in [2.24, 2.45) is 5.73 Å². The number of halogens is 2. The Morgan fingerprint density at radius 2 is 1.95 bits per heavy atom. The number of furan rings is 1. The summed E-state index contributed by atoms with van der Waals surface area (Å²) in [6.45, 7) is -0.0476. The fourth-order valence-electron chi connectivity index (χ4n) is 1.64. The first-order valence-corrected chi connectivity index (χ1v) is 5.73. The first-order chi connectivity index (χ1) is 9.88. The molecule has 0 unspecified atom stereocenters. The summed E-state index contributed by atoms with van der Waals surface area (Å²) in [5, 5.41) is 11.3. The van der Waals surface area contributed by atoms with E-state index < -0.39 is 29.1 Å². The van der Waals surface area contributed by atoms with Gasteiger partial charge in [-0.1, -0.05) is 0 Å². The van der Waals surface area contributed by atoms with Crippen LogP contribution in [0.5, 0.6) is 0 Å². The van der Waals surface area contributed by atoms with E-state index >= 15 is 0 Å². The lowest BCUT2D eigenvalue weighted by Crippen LogP contribution is -2.14. The van der Waals surface area contributed by atoms with Gasteiger partial charge in [0.25, 0.3) is 5.91 Å². The number of carbonyl (C=O) groups is 2. The SMILES string of the molecule is NC(=O)c1cc(NCc2ccc(C(=O)O)o2)c(F)cc1F. The Labute approximate surface area is 117 Å². The fourth-order valence-corrected chi connectivity index (χ4v) is 1.64. The molecule has 0 atom stereocenters. The summed E-state index contributed by atoms with van der Waals surface area (Å²) in [6, 6.07) is 4.11. The summed E-state index contributed by atoms with van der Waals surface area (Å²) in [4.78, 5) is 21.6. The number of benzene rings is 1. The Balaban J connectivity index is 2.17. The maximum Gasteiger partial charge on any atom is 0.371 e. The van der Waals surface area contributed by atoms with Gasteiger partial charge in [-0.3, -0.25) is 4.79 Å². The minimum absolute atomic E-state index is 0.0476. The molecule has 0 aliphatic rings. The van der Waals surface area contributed by atoms with Crippen molar-refractivity contribution >= 4 is 17.6 Å². The number of primary amides is 1. The van der Waals surface area contributed by atoms with E-state index in [9.17, 15) is 18.4 Å². The average Bonchev–Trinajstić information content (AvgIpc) is 2.86. The van der Waals surface area contributed by atoms with Crippen molar-refractivity contribution < 1.29 is 27.9 Å². The summed E-state index contributed by atoms with van der Waals surface area (Å²) < 4.78 is 31.8. The maximum absolute atomic E-state index is 13.6. The summed E-state index contributed by atoms with van der Waals surface area (Å²) >= 11 is 0. The fraction of sp³-hybridized carbons (Fsp3) is 0.0769. The van der Waals surface area contributed by atoms with Gasteiger partial charge in [0.2, 0.25) is 5.76 Å². The lowest BCUT2D eigenvalue weighted by molar-refractivity contribution is 0.0660. The van der Waals surface area contributed by atoms with E-state index in [4.69, 9.17) is 15.3 Å². The second kappa shape index (κ2) is 5.61. The van der Waals surface area contributed by atoms with Crippen LogP contribution in [0.25, 0.3) is 0 Å². The second-order valence-corrected chi connectivity index (χ2v) is 4.10. The molecule has 110 valence electrons. The van der Waals surface area contributed by atoms with Crippen molar-refractivity contribution in [2.75, 3.05) is 5.32 Å². The number of carboxylic acid groups (broad SMARTS) is 1. The molecule has 0 saturated carbocycles. The van der Waals surface area contributed by atoms with Gasteiger partial charge < -0.3 is 20.6 Å². The van der Waals surface area contributed by atoms with E-state index in [1.54, 1.807) is 0 Å². The molecule has 0 radical (unpaired) electrons. The van der Waals surface area contributed by atoms with Gasteiger partial charge in [-0.25, -0.2) is 13.6 Å². The molecule has 0 spiro atoms. The molecule has 0 saturated heterocycles. The minimum Gasteiger partial charge on any atom is -0.475 e. The summed E-state index contributed by atoms with van der Waals surface area (Å²) in [5.41, 5.74) is 4.36. The molecule has 2 aromatic rings. The summed E-state index contributed by atoms with van der Waals surface area (Å²) in [6.07, 6.45) is 0. The van der Waals surface area contributed by atoms with Gasteiger partial charge in [-0.15, -0.1) is 0 Å². The number of rotatable bonds is 5. The highest BCUT2D eigenvalue weighted by Crippen LogP contribution is 2.20. The van der Waals surface area contributed by atoms with Crippen molar-refractivity contribution in [1.29, 1.82) is 0 Å². The predicted octanol–water partition coefficient (Wildman–Crippen LogP) is 1.97. The van der Waals surface area contributed by atoms with E-state index in [-0.39, 0.29) is 23.8 Å². The van der Waals surface area contributed by atoms with Crippen LogP contribution in [0.1, 0.15) is 26.7 Å². The number of hydrogen-bond donors (Lipinski definition) is 3. The van der Waals surface area contributed by atoms with Gasteiger partial charge >= 0.3 is 5.97 Å². The number of hydrogen-bond acceptors (Lipinski definition) is 4. The molecule has 0 aliphatic carbocycles. The molecule has 4 N–H and O–H groups in total. The smallest absolute Gasteiger partial charge is 0.371 e. The van der Waals surface area contributed by atoms with Gasteiger partial charge in [-0.05, 0) is 18.2 Å². The Hall–Kier alpha value is -2.90. The van der Waals surface area contributed by atoms with Crippen LogP contribution in [0.15, 0.2) is 28.7 Å². The molecule has 1 aromatic carbocycles. The third-order valence-electron chi connectivity index (χ3n) is 2.65. The molecular formula is C13H10F2N2O4. The Bertz CT molecular complexity index is 712. The van der Waals surface area contributed by atoms with Gasteiger partial charge in [0, 0.05) is 6.07 Å². The van der Waals surface area contributed by atoms with Crippen LogP contribution in [-0.4, -0.2) is 17.0 Å². The molecular weight excluding hydrogens is 286 g/mol. The normalized spacial score (nSPS) is 10.4. The minimum atomic E-state index is -1.23. The quantitative estimate of drug-likeness (QED) is 0.782. The number of nitrogens with one attached hydrogen (secondary N) is 1. The molecule has 8 heteroatoms. The molecule has 1 heterocycles. The molecule has 0 fully saturated rings. The van der Waals surface area contributed by atoms with Crippen LogP contribution in [0, 0.1) is 11.6 Å². The zero-order chi connectivity index (χ0) is 15.6. The van der Waals surface area contributed by atoms with E-state index in [1.807, 2.05) is 0 Å². The Kier molecular flexibility index (Phi) is 3.88. The van der Waals surface area contributed by atoms with E-state index in [2.05, 4.69) is 5.32 Å². The molecule has 2 rings (SSSR count). The van der Waals surface area contributed by atoms with Gasteiger partial charge in [0.05, 0.1) is 17.8 Å². The van der Waals surface area contributed by atoms with Crippen LogP contribution in [0.4, 0.5) is 14.5 Å². The largest absolute Gasteiger partial charge is 0.475 e. The average molecular weight is 296 g/mol. The summed E-state index contributed by atoms with van der Waals surface area (Å²) in [5.74, 6) is -4.26. The number of anilines is 1. The van der Waals surface area contributed by atoms with Crippen molar-refractivity contribution in [3.63, 3.8) is 0 Å². The molecule has 0 aliphatic heterocycles. The first-order valence-electron chi connectivity index (χ1n) is 5.73. The van der Waals surface area contributed by atoms with Crippen LogP contribution < -0.4 is 11.1 Å². The van der Waals surface area contributed by atoms with Crippen LogP contribution in [0.2, 0.25) is 0 Å². The van der Waals surface area contributed by atoms with Crippen molar-refractivity contribution in [2.45, 2.75) is 6.54 Å². The van der Waals surface area contributed by atoms with Crippen molar-refractivity contribution in [3.8, 4) is 0 Å². The number of carboxylic acids is 1. The number of nitrogens with two attached hydrogens (primary N) is 1. The number of amides is 1. The van der Waals surface area contributed by atoms with E-state index in [1.165, 1.54) is 12.1 Å². The van der Waals surface area contributed by atoms with E-state index in [0.29, 0.717) is 6.07 Å². The maximum atomic E-state index is 13.6. The zero-order valence-electron chi connectivity index (χ0n) is 10.5.